The number of anilines is 2. The van der Waals surface area contributed by atoms with Crippen LogP contribution in [-0.4, -0.2) is 25.0 Å². The van der Waals surface area contributed by atoms with E-state index in [1.165, 1.54) is 24.3 Å². The molecule has 6 nitrogen and oxygen atoms in total. The molecule has 0 radical (unpaired) electrons. The lowest BCUT2D eigenvalue weighted by Gasteiger charge is -2.23. The summed E-state index contributed by atoms with van der Waals surface area (Å²) in [5.41, 5.74) is 2.75. The molecule has 0 fully saturated rings. The summed E-state index contributed by atoms with van der Waals surface area (Å²) < 4.78 is 19.3. The number of para-hydroxylation sites is 2. The Morgan fingerprint density at radius 1 is 0.811 bits per heavy atom. The van der Waals surface area contributed by atoms with E-state index < -0.39 is 5.82 Å². The minimum Gasteiger partial charge on any atom is -0.457 e. The molecular weight excluding hydrogens is 469 g/mol. The second-order valence-electron chi connectivity index (χ2n) is 8.42. The maximum absolute atomic E-state index is 13.4. The fourth-order valence-electron chi connectivity index (χ4n) is 3.73. The van der Waals surface area contributed by atoms with Crippen molar-refractivity contribution < 1.29 is 18.7 Å². The summed E-state index contributed by atoms with van der Waals surface area (Å²) in [6.07, 6.45) is 0.510. The van der Waals surface area contributed by atoms with Crippen molar-refractivity contribution in [3.63, 3.8) is 0 Å². The van der Waals surface area contributed by atoms with Crippen LogP contribution in [0.1, 0.15) is 22.3 Å². The van der Waals surface area contributed by atoms with Crippen LogP contribution in [-0.2, 0) is 0 Å². The van der Waals surface area contributed by atoms with Gasteiger partial charge in [0.05, 0.1) is 0 Å². The van der Waals surface area contributed by atoms with Gasteiger partial charge in [-0.15, -0.1) is 0 Å². The molecular formula is C30H28FN3O3. The van der Waals surface area contributed by atoms with Crippen molar-refractivity contribution in [1.82, 2.24) is 5.32 Å². The number of aryl methyl sites for hydroxylation is 1. The average Bonchev–Trinajstić information content (AvgIpc) is 2.91. The Bertz CT molecular complexity index is 1330. The van der Waals surface area contributed by atoms with E-state index in [0.717, 1.165) is 11.3 Å². The summed E-state index contributed by atoms with van der Waals surface area (Å²) in [7, 11) is 0. The van der Waals surface area contributed by atoms with E-state index in [9.17, 15) is 14.0 Å². The maximum Gasteiger partial charge on any atom is 0.319 e. The van der Waals surface area contributed by atoms with Crippen LogP contribution in [0.25, 0.3) is 0 Å². The smallest absolute Gasteiger partial charge is 0.319 e. The van der Waals surface area contributed by atoms with Gasteiger partial charge >= 0.3 is 6.03 Å². The number of nitrogens with one attached hydrogen (secondary N) is 2. The van der Waals surface area contributed by atoms with Crippen molar-refractivity contribution >= 4 is 23.3 Å². The standard InChI is InChI=1S/C30H28FN3O3/c1-22-8-5-6-11-28(22)33-30(36)32-20-7-21-34(29(35)23-12-14-24(31)15-13-23)25-16-18-27(19-17-25)37-26-9-3-2-4-10-26/h2-6,8-19H,7,20-21H2,1H3,(H2,32,33,36). The number of nitrogens with zero attached hydrogens (tertiary/aromatic N) is 1. The van der Waals surface area contributed by atoms with E-state index in [4.69, 9.17) is 4.74 Å². The van der Waals surface area contributed by atoms with Crippen LogP contribution in [0.15, 0.2) is 103 Å². The van der Waals surface area contributed by atoms with E-state index in [-0.39, 0.29) is 11.9 Å². The third-order valence-electron chi connectivity index (χ3n) is 5.70. The molecule has 7 heteroatoms. The number of urea groups is 1. The zero-order chi connectivity index (χ0) is 26.0. The predicted octanol–water partition coefficient (Wildman–Crippen LogP) is 6.79. The molecule has 4 aromatic carbocycles. The molecule has 0 aliphatic rings. The largest absolute Gasteiger partial charge is 0.457 e. The van der Waals surface area contributed by atoms with E-state index in [0.29, 0.717) is 42.3 Å². The minimum absolute atomic E-state index is 0.263. The van der Waals surface area contributed by atoms with Gasteiger partial charge < -0.3 is 20.3 Å². The molecule has 188 valence electrons. The van der Waals surface area contributed by atoms with Gasteiger partial charge in [0.25, 0.3) is 5.91 Å². The molecule has 4 rings (SSSR count). The lowest BCUT2D eigenvalue weighted by atomic mass is 10.1. The Kier molecular flexibility index (Phi) is 8.49. The van der Waals surface area contributed by atoms with Gasteiger partial charge in [-0.05, 0) is 85.6 Å². The topological polar surface area (TPSA) is 70.7 Å². The number of rotatable bonds is 9. The quantitative estimate of drug-likeness (QED) is 0.250. The number of ether oxygens (including phenoxy) is 1. The zero-order valence-corrected chi connectivity index (χ0v) is 20.5. The van der Waals surface area contributed by atoms with E-state index in [1.807, 2.05) is 61.5 Å². The first kappa shape index (κ1) is 25.4. The number of benzene rings is 4. The lowest BCUT2D eigenvalue weighted by molar-refractivity contribution is 0.0986. The van der Waals surface area contributed by atoms with Crippen molar-refractivity contribution in [3.8, 4) is 11.5 Å². The molecule has 0 atom stereocenters. The van der Waals surface area contributed by atoms with Gasteiger partial charge in [-0.1, -0.05) is 36.4 Å². The molecule has 0 aliphatic carbocycles. The van der Waals surface area contributed by atoms with Crippen LogP contribution >= 0.6 is 0 Å². The molecule has 4 aromatic rings. The van der Waals surface area contributed by atoms with Crippen LogP contribution in [0.2, 0.25) is 0 Å². The monoisotopic (exact) mass is 497 g/mol. The molecule has 0 unspecified atom stereocenters. The molecule has 3 amide bonds. The van der Waals surface area contributed by atoms with Gasteiger partial charge in [-0.2, -0.15) is 0 Å². The fourth-order valence-corrected chi connectivity index (χ4v) is 3.73. The normalized spacial score (nSPS) is 10.4. The zero-order valence-electron chi connectivity index (χ0n) is 20.5. The first-order chi connectivity index (χ1) is 18.0. The molecule has 0 heterocycles. The van der Waals surface area contributed by atoms with Crippen molar-refractivity contribution in [2.45, 2.75) is 13.3 Å². The SMILES string of the molecule is Cc1ccccc1NC(=O)NCCCN(C(=O)c1ccc(F)cc1)c1ccc(Oc2ccccc2)cc1. The van der Waals surface area contributed by atoms with Crippen molar-refractivity contribution in [1.29, 1.82) is 0 Å². The average molecular weight is 498 g/mol. The van der Waals surface area contributed by atoms with E-state index >= 15 is 0 Å². The number of carbonyl (C=O) groups is 2. The van der Waals surface area contributed by atoms with Crippen LogP contribution in [0, 0.1) is 12.7 Å². The summed E-state index contributed by atoms with van der Waals surface area (Å²) in [6.45, 7) is 2.63. The van der Waals surface area contributed by atoms with Crippen molar-refractivity contribution in [3.05, 3.63) is 120 Å². The maximum atomic E-state index is 13.4. The molecule has 0 bridgehead atoms. The van der Waals surface area contributed by atoms with Gasteiger partial charge in [0.15, 0.2) is 0 Å². The molecule has 0 spiro atoms. The van der Waals surface area contributed by atoms with E-state index in [1.54, 1.807) is 29.2 Å². The summed E-state index contributed by atoms with van der Waals surface area (Å²) in [5, 5.41) is 5.66. The molecule has 0 saturated heterocycles. The Hall–Kier alpha value is -4.65. The van der Waals surface area contributed by atoms with Gasteiger partial charge in [0.2, 0.25) is 0 Å². The fraction of sp³-hybridized carbons (Fsp3) is 0.133. The Balaban J connectivity index is 1.41. The van der Waals surface area contributed by atoms with Gasteiger partial charge in [0, 0.05) is 30.0 Å². The highest BCUT2D eigenvalue weighted by Gasteiger charge is 2.18. The summed E-state index contributed by atoms with van der Waals surface area (Å²) in [5.74, 6) is 0.679. The number of hydrogen-bond acceptors (Lipinski definition) is 3. The third kappa shape index (κ3) is 7.18. The first-order valence-corrected chi connectivity index (χ1v) is 12.0. The first-order valence-electron chi connectivity index (χ1n) is 12.0. The molecule has 0 aliphatic heterocycles. The van der Waals surface area contributed by atoms with Gasteiger partial charge in [0.1, 0.15) is 17.3 Å². The Labute approximate surface area is 215 Å². The Morgan fingerprint density at radius 3 is 2.16 bits per heavy atom. The summed E-state index contributed by atoms with van der Waals surface area (Å²) >= 11 is 0. The number of halogens is 1. The summed E-state index contributed by atoms with van der Waals surface area (Å²) in [6, 6.07) is 29.3. The molecule has 0 aromatic heterocycles. The highest BCUT2D eigenvalue weighted by atomic mass is 19.1. The molecule has 2 N–H and O–H groups in total. The number of hydrogen-bond donors (Lipinski definition) is 2. The highest BCUT2D eigenvalue weighted by molar-refractivity contribution is 6.06. The van der Waals surface area contributed by atoms with Crippen LogP contribution in [0.5, 0.6) is 11.5 Å². The number of amides is 3. The minimum atomic E-state index is -0.408. The van der Waals surface area contributed by atoms with Crippen LogP contribution in [0.3, 0.4) is 0 Å². The van der Waals surface area contributed by atoms with Gasteiger partial charge in [-0.3, -0.25) is 4.79 Å². The van der Waals surface area contributed by atoms with Gasteiger partial charge in [-0.25, -0.2) is 9.18 Å². The molecule has 0 saturated carbocycles. The number of carbonyl (C=O) groups excluding carboxylic acids is 2. The summed E-state index contributed by atoms with van der Waals surface area (Å²) in [4.78, 5) is 27.2. The highest BCUT2D eigenvalue weighted by Crippen LogP contribution is 2.25. The van der Waals surface area contributed by atoms with Crippen LogP contribution in [0.4, 0.5) is 20.6 Å². The second kappa shape index (κ2) is 12.4. The van der Waals surface area contributed by atoms with Crippen LogP contribution < -0.4 is 20.3 Å². The molecule has 37 heavy (non-hydrogen) atoms. The Morgan fingerprint density at radius 2 is 1.46 bits per heavy atom. The van der Waals surface area contributed by atoms with Crippen molar-refractivity contribution in [2.24, 2.45) is 0 Å². The van der Waals surface area contributed by atoms with Crippen molar-refractivity contribution in [2.75, 3.05) is 23.3 Å². The second-order valence-corrected chi connectivity index (χ2v) is 8.42. The van der Waals surface area contributed by atoms with E-state index in [2.05, 4.69) is 10.6 Å². The predicted molar refractivity (Wildman–Crippen MR) is 144 cm³/mol. The third-order valence-corrected chi connectivity index (χ3v) is 5.70. The lowest BCUT2D eigenvalue weighted by Crippen LogP contribution is -2.35.